The summed E-state index contributed by atoms with van der Waals surface area (Å²) in [4.78, 5) is 0. The molecule has 0 heterocycles. The lowest BCUT2D eigenvalue weighted by atomic mass is 9.70. The lowest BCUT2D eigenvalue weighted by Crippen LogP contribution is -2.23. The second-order valence-corrected chi connectivity index (χ2v) is 8.98. The molecule has 0 nitrogen and oxygen atoms in total. The average Bonchev–Trinajstić information content (AvgIpc) is 2.67. The van der Waals surface area contributed by atoms with E-state index in [1.807, 2.05) is 19.1 Å². The molecule has 144 valence electrons. The first-order chi connectivity index (χ1) is 12.6. The molecule has 0 bridgehead atoms. The third-order valence-corrected chi connectivity index (χ3v) is 7.31. The van der Waals surface area contributed by atoms with Crippen molar-refractivity contribution in [2.24, 2.45) is 17.8 Å². The minimum absolute atomic E-state index is 0.232. The van der Waals surface area contributed by atoms with Crippen LogP contribution in [0, 0.1) is 30.5 Å². The van der Waals surface area contributed by atoms with Crippen molar-refractivity contribution in [1.29, 1.82) is 0 Å². The van der Waals surface area contributed by atoms with Crippen LogP contribution in [0.5, 0.6) is 0 Å². The number of hydrogen-bond acceptors (Lipinski definition) is 0. The molecule has 1 unspecified atom stereocenters. The third kappa shape index (κ3) is 4.71. The van der Waals surface area contributed by atoms with Crippen LogP contribution in [-0.2, 0) is 0 Å². The van der Waals surface area contributed by atoms with Crippen molar-refractivity contribution in [3.63, 3.8) is 0 Å². The van der Waals surface area contributed by atoms with Crippen LogP contribution in [0.15, 0.2) is 18.2 Å². The van der Waals surface area contributed by atoms with Crippen molar-refractivity contribution in [2.75, 3.05) is 0 Å². The van der Waals surface area contributed by atoms with E-state index in [9.17, 15) is 4.39 Å². The molecule has 1 fully saturated rings. The molecular weight excluding hydrogens is 343 g/mol. The highest BCUT2D eigenvalue weighted by atomic mass is 35.5. The lowest BCUT2D eigenvalue weighted by molar-refractivity contribution is 0.187. The zero-order valence-corrected chi connectivity index (χ0v) is 17.3. The van der Waals surface area contributed by atoms with E-state index in [-0.39, 0.29) is 10.8 Å². The Kier molecular flexibility index (Phi) is 7.20. The highest BCUT2D eigenvalue weighted by Crippen LogP contribution is 2.42. The van der Waals surface area contributed by atoms with Crippen molar-refractivity contribution < 1.29 is 4.39 Å². The molecule has 2 aliphatic rings. The summed E-state index contributed by atoms with van der Waals surface area (Å²) in [6, 6.07) is 3.84. The fourth-order valence-corrected chi connectivity index (χ4v) is 5.22. The molecule has 0 amide bonds. The molecule has 0 aliphatic heterocycles. The van der Waals surface area contributed by atoms with Crippen molar-refractivity contribution in [3.8, 4) is 0 Å². The lowest BCUT2D eigenvalue weighted by Gasteiger charge is -2.35. The molecule has 2 aliphatic carbocycles. The Morgan fingerprint density at radius 2 is 1.81 bits per heavy atom. The predicted molar refractivity (Wildman–Crippen MR) is 111 cm³/mol. The minimum atomic E-state index is -0.232. The molecular formula is C24H34ClF. The van der Waals surface area contributed by atoms with Crippen LogP contribution in [-0.4, -0.2) is 0 Å². The summed E-state index contributed by atoms with van der Waals surface area (Å²) in [7, 11) is 0. The topological polar surface area (TPSA) is 0 Å². The maximum absolute atomic E-state index is 14.5. The quantitative estimate of drug-likeness (QED) is 0.437. The fourth-order valence-electron chi connectivity index (χ4n) is 5.05. The van der Waals surface area contributed by atoms with E-state index in [0.29, 0.717) is 0 Å². The van der Waals surface area contributed by atoms with Crippen LogP contribution in [0.2, 0.25) is 5.02 Å². The van der Waals surface area contributed by atoms with Crippen molar-refractivity contribution in [2.45, 2.75) is 84.5 Å². The minimum Gasteiger partial charge on any atom is -0.205 e. The van der Waals surface area contributed by atoms with E-state index in [2.05, 4.69) is 13.0 Å². The van der Waals surface area contributed by atoms with Gasteiger partial charge < -0.3 is 0 Å². The van der Waals surface area contributed by atoms with Gasteiger partial charge in [0.2, 0.25) is 0 Å². The summed E-state index contributed by atoms with van der Waals surface area (Å²) in [6.07, 6.45) is 16.9. The maximum Gasteiger partial charge on any atom is 0.149 e. The number of unbranched alkanes of at least 4 members (excludes halogenated alkanes) is 2. The number of hydrogen-bond donors (Lipinski definition) is 0. The van der Waals surface area contributed by atoms with Gasteiger partial charge in [-0.3, -0.25) is 0 Å². The van der Waals surface area contributed by atoms with E-state index in [4.69, 9.17) is 11.6 Å². The Morgan fingerprint density at radius 3 is 2.46 bits per heavy atom. The Balaban J connectivity index is 1.53. The second kappa shape index (κ2) is 9.40. The van der Waals surface area contributed by atoms with Crippen molar-refractivity contribution in [3.05, 3.63) is 40.2 Å². The molecule has 1 aromatic carbocycles. The van der Waals surface area contributed by atoms with Crippen LogP contribution in [0.4, 0.5) is 4.39 Å². The smallest absolute Gasteiger partial charge is 0.149 e. The maximum atomic E-state index is 14.5. The molecule has 0 N–H and O–H groups in total. The van der Waals surface area contributed by atoms with Gasteiger partial charge in [-0.25, -0.2) is 4.39 Å². The molecule has 0 saturated heterocycles. The Bertz CT molecular complexity index is 625. The monoisotopic (exact) mass is 376 g/mol. The molecule has 0 radical (unpaired) electrons. The summed E-state index contributed by atoms with van der Waals surface area (Å²) < 4.78 is 14.5. The van der Waals surface area contributed by atoms with Gasteiger partial charge in [0.05, 0.1) is 5.02 Å². The van der Waals surface area contributed by atoms with Crippen LogP contribution >= 0.6 is 11.6 Å². The molecule has 1 aromatic rings. The largest absolute Gasteiger partial charge is 0.205 e. The zero-order valence-electron chi connectivity index (χ0n) is 16.5. The van der Waals surface area contributed by atoms with Gasteiger partial charge in [-0.05, 0) is 67.9 Å². The Labute approximate surface area is 164 Å². The first-order valence-corrected chi connectivity index (χ1v) is 11.1. The predicted octanol–water partition coefficient (Wildman–Crippen LogP) is 8.36. The normalized spacial score (nSPS) is 26.6. The van der Waals surface area contributed by atoms with Gasteiger partial charge in [-0.1, -0.05) is 75.3 Å². The zero-order chi connectivity index (χ0) is 18.5. The van der Waals surface area contributed by atoms with Crippen LogP contribution in [0.3, 0.4) is 0 Å². The average molecular weight is 377 g/mol. The van der Waals surface area contributed by atoms with Gasteiger partial charge in [0.1, 0.15) is 5.82 Å². The third-order valence-electron chi connectivity index (χ3n) is 6.85. The summed E-state index contributed by atoms with van der Waals surface area (Å²) >= 11 is 6.11. The van der Waals surface area contributed by atoms with Gasteiger partial charge >= 0.3 is 0 Å². The number of rotatable bonds is 6. The summed E-state index contributed by atoms with van der Waals surface area (Å²) in [5, 5.41) is 0.284. The fraction of sp³-hybridized carbons (Fsp3) is 0.667. The van der Waals surface area contributed by atoms with E-state index >= 15 is 0 Å². The van der Waals surface area contributed by atoms with E-state index in [1.54, 1.807) is 0 Å². The van der Waals surface area contributed by atoms with Gasteiger partial charge in [-0.2, -0.15) is 0 Å². The number of aryl methyl sites for hydroxylation is 1. The highest BCUT2D eigenvalue weighted by Gasteiger charge is 2.29. The van der Waals surface area contributed by atoms with Crippen molar-refractivity contribution in [1.82, 2.24) is 0 Å². The van der Waals surface area contributed by atoms with E-state index in [0.717, 1.165) is 47.3 Å². The summed E-state index contributed by atoms with van der Waals surface area (Å²) in [5.41, 5.74) is 2.70. The second-order valence-electron chi connectivity index (χ2n) is 8.60. The van der Waals surface area contributed by atoms with E-state index < -0.39 is 0 Å². The Hall–Kier alpha value is -0.820. The number of benzene rings is 1. The number of halogens is 2. The van der Waals surface area contributed by atoms with Gasteiger partial charge in [0, 0.05) is 5.56 Å². The summed E-state index contributed by atoms with van der Waals surface area (Å²) in [6.45, 7) is 4.15. The molecule has 2 heteroatoms. The van der Waals surface area contributed by atoms with Crippen LogP contribution < -0.4 is 0 Å². The van der Waals surface area contributed by atoms with Crippen LogP contribution in [0.1, 0.15) is 88.7 Å². The Morgan fingerprint density at radius 1 is 1.04 bits per heavy atom. The van der Waals surface area contributed by atoms with Crippen LogP contribution in [0.25, 0.3) is 5.57 Å². The highest BCUT2D eigenvalue weighted by molar-refractivity contribution is 6.31. The summed E-state index contributed by atoms with van der Waals surface area (Å²) in [5.74, 6) is 2.45. The van der Waals surface area contributed by atoms with Gasteiger partial charge in [0.15, 0.2) is 0 Å². The first kappa shape index (κ1) is 19.9. The van der Waals surface area contributed by atoms with Gasteiger partial charge in [0.25, 0.3) is 0 Å². The molecule has 26 heavy (non-hydrogen) atoms. The van der Waals surface area contributed by atoms with E-state index in [1.165, 1.54) is 57.8 Å². The molecule has 1 saturated carbocycles. The molecule has 3 rings (SSSR count). The molecule has 0 aromatic heterocycles. The molecule has 0 spiro atoms. The first-order valence-electron chi connectivity index (χ1n) is 10.7. The van der Waals surface area contributed by atoms with Gasteiger partial charge in [-0.15, -0.1) is 0 Å². The standard InChI is InChI=1S/C24H34ClF/c1-3-4-5-6-18-8-10-19(11-9-18)20-12-14-21(15-13-20)22-16-7-17(2)23(25)24(22)26/h7,14,16,18-20H,3-6,8-13,15H2,1-2H3. The molecule has 1 atom stereocenters. The number of allylic oxidation sites excluding steroid dienone is 2. The SMILES string of the molecule is CCCCCC1CCC(C2CC=C(c3ccc(C)c(Cl)c3F)CC2)CC1. The van der Waals surface area contributed by atoms with Crippen molar-refractivity contribution >= 4 is 17.2 Å².